The molecule has 65 heavy (non-hydrogen) atoms. The number of amides is 4. The Bertz CT molecular complexity index is 2190. The van der Waals surface area contributed by atoms with Crippen molar-refractivity contribution < 1.29 is 67.6 Å². The Morgan fingerprint density at radius 3 is 2.12 bits per heavy atom. The summed E-state index contributed by atoms with van der Waals surface area (Å²) in [5, 5.41) is 30.2. The standard InChI is InChI=1S/C33H47N11O10S2.C2H3B2O.C2H4O2/c1-31(2,3)52-27(49)33(7,8)54-40-20(23-39-28(35)56-41-23)19(45)12-17-24(46)44-21(26(47)48)16(15-55-25(17)44)13-43-14-18(22(34)42(43)9)38-29(50)36-10-11-37-30(51)53-32(4,5)6;1-4-2(3)5;1-2(3)4/h14,17,25,34H,10-13,15H2,1-9H3,(H6,35,36,37,38,39,41,47,48,50,51);1H3;1H3,(H,3,4)/b40-20+;;/t17-,25-;;/m1../s1. The average molecular weight is 947 g/mol. The van der Waals surface area contributed by atoms with Crippen LogP contribution in [0.1, 0.15) is 74.6 Å². The molecule has 4 rings (SSSR count). The fourth-order valence-electron chi connectivity index (χ4n) is 5.26. The minimum Gasteiger partial charge on any atom is -0.550 e. The van der Waals surface area contributed by atoms with Crippen LogP contribution in [0.5, 0.6) is 0 Å². The SMILES string of the molecule is CC(=O)[O-].Cn1c(N)c(NC(=O)NCCNC(=O)OC(C)(C)C)c[n+]1CC1=C(C(=O)O)N2C(=O)[C@@H](CC(=O)/C(=N\OC(C)(C)C(=O)OC(C)(C)C)c3nsc(N)n3)[C@H]2SC1.[B]C(=O)[B]C. The highest BCUT2D eigenvalue weighted by molar-refractivity contribution is 8.00. The zero-order valence-corrected chi connectivity index (χ0v) is 39.6. The maximum Gasteiger partial charge on any atom is 0.407 e. The molecular formula is C37H54B2N11O13S2. The molecule has 28 heteroatoms. The number of esters is 1. The molecule has 3 radical (unpaired) electrons. The van der Waals surface area contributed by atoms with Crippen LogP contribution in [0.3, 0.4) is 0 Å². The van der Waals surface area contributed by atoms with Crippen molar-refractivity contribution in [2.24, 2.45) is 18.1 Å². The van der Waals surface area contributed by atoms with E-state index < -0.39 is 69.8 Å². The monoisotopic (exact) mass is 946 g/mol. The zero-order valence-electron chi connectivity index (χ0n) is 37.9. The van der Waals surface area contributed by atoms with E-state index >= 15 is 0 Å². The second-order valence-electron chi connectivity index (χ2n) is 16.4. The van der Waals surface area contributed by atoms with Crippen LogP contribution < -0.4 is 37.2 Å². The van der Waals surface area contributed by atoms with E-state index in [1.807, 2.05) is 0 Å². The Balaban J connectivity index is 0.00000147. The Morgan fingerprint density at radius 1 is 1.05 bits per heavy atom. The highest BCUT2D eigenvalue weighted by Gasteiger charge is 2.55. The number of nitrogens with zero attached hydrogens (tertiary/aromatic N) is 6. The first-order valence-corrected chi connectivity index (χ1v) is 21.4. The van der Waals surface area contributed by atoms with E-state index in [4.69, 9.17) is 35.7 Å². The molecule has 2 aliphatic heterocycles. The number of hydrogen-bond acceptors (Lipinski definition) is 19. The summed E-state index contributed by atoms with van der Waals surface area (Å²) in [7, 11) is 7.52. The van der Waals surface area contributed by atoms with Gasteiger partial charge in [0.05, 0.1) is 18.3 Å². The quantitative estimate of drug-likeness (QED) is 0.0263. The van der Waals surface area contributed by atoms with E-state index in [0.717, 1.165) is 23.4 Å². The van der Waals surface area contributed by atoms with Crippen LogP contribution in [0, 0.1) is 5.92 Å². The van der Waals surface area contributed by atoms with E-state index in [9.17, 15) is 38.7 Å². The number of carbonyl (C=O) groups is 8. The number of β-lactam (4-membered cyclic amide) rings is 1. The van der Waals surface area contributed by atoms with Crippen molar-refractivity contribution in [1.29, 1.82) is 0 Å². The molecule has 8 N–H and O–H groups in total. The number of thioether (sulfide) groups is 1. The molecule has 1 fully saturated rings. The number of oxime groups is 1. The number of ketones is 1. The predicted octanol–water partition coefficient (Wildman–Crippen LogP) is 0.129. The second-order valence-corrected chi connectivity index (χ2v) is 18.3. The summed E-state index contributed by atoms with van der Waals surface area (Å²) in [4.78, 5) is 106. The summed E-state index contributed by atoms with van der Waals surface area (Å²) in [6.45, 7) is 15.8. The Morgan fingerprint density at radius 2 is 1.62 bits per heavy atom. The largest absolute Gasteiger partial charge is 0.550 e. The first-order chi connectivity index (χ1) is 29.9. The zero-order chi connectivity index (χ0) is 49.8. The fourth-order valence-corrected chi connectivity index (χ4v) is 7.10. The lowest BCUT2D eigenvalue weighted by molar-refractivity contribution is -0.765. The highest BCUT2D eigenvalue weighted by atomic mass is 32.2. The van der Waals surface area contributed by atoms with Gasteiger partial charge in [-0.2, -0.15) is 9.36 Å². The Labute approximate surface area is 385 Å². The Hall–Kier alpha value is -6.18. The summed E-state index contributed by atoms with van der Waals surface area (Å²) in [6, 6.07) is -0.603. The van der Waals surface area contributed by atoms with Crippen molar-refractivity contribution >= 4 is 108 Å². The lowest BCUT2D eigenvalue weighted by Crippen LogP contribution is -2.62. The number of urea groups is 1. The lowest BCUT2D eigenvalue weighted by Gasteiger charge is -2.49. The van der Waals surface area contributed by atoms with Gasteiger partial charge in [0.25, 0.3) is 0 Å². The average Bonchev–Trinajstić information content (AvgIpc) is 3.71. The molecule has 4 heterocycles. The van der Waals surface area contributed by atoms with Gasteiger partial charge in [-0.15, -0.1) is 21.1 Å². The van der Waals surface area contributed by atoms with Gasteiger partial charge in [-0.05, 0) is 62.3 Å². The van der Waals surface area contributed by atoms with Crippen LogP contribution in [0.2, 0.25) is 6.82 Å². The van der Waals surface area contributed by atoms with Crippen LogP contribution in [0.25, 0.3) is 0 Å². The molecule has 0 saturated carbocycles. The van der Waals surface area contributed by atoms with Crippen molar-refractivity contribution in [2.75, 3.05) is 35.6 Å². The molecule has 0 unspecified atom stereocenters. The van der Waals surface area contributed by atoms with Crippen LogP contribution in [0.15, 0.2) is 22.6 Å². The molecular weight excluding hydrogens is 892 g/mol. The molecule has 1 saturated heterocycles. The van der Waals surface area contributed by atoms with Gasteiger partial charge in [0, 0.05) is 53.9 Å². The number of alkyl carbamates (subject to hydrolysis) is 1. The summed E-state index contributed by atoms with van der Waals surface area (Å²) >= 11 is 2.08. The number of carboxylic acid groups (broad SMARTS) is 2. The molecule has 4 amide bonds. The number of ether oxygens (including phenoxy) is 2. The summed E-state index contributed by atoms with van der Waals surface area (Å²) in [5.41, 5.74) is 8.53. The number of anilines is 3. The van der Waals surface area contributed by atoms with Gasteiger partial charge in [-0.3, -0.25) is 19.8 Å². The first kappa shape index (κ1) is 55.0. The number of rotatable bonds is 15. The number of nitrogen functional groups attached to an aromatic ring is 2. The summed E-state index contributed by atoms with van der Waals surface area (Å²) < 4.78 is 17.7. The van der Waals surface area contributed by atoms with Crippen LogP contribution in [-0.2, 0) is 51.9 Å². The maximum atomic E-state index is 13.7. The Kier molecular flexibility index (Phi) is 19.6. The number of carbonyl (C=O) groups excluding carboxylic acids is 7. The normalized spacial score (nSPS) is 15.9. The molecule has 0 spiro atoms. The minimum atomic E-state index is -1.62. The van der Waals surface area contributed by atoms with Gasteiger partial charge < -0.3 is 56.2 Å². The van der Waals surface area contributed by atoms with Crippen molar-refractivity contribution in [3.63, 3.8) is 0 Å². The number of nitrogens with two attached hydrogens (primary N) is 2. The van der Waals surface area contributed by atoms with Crippen molar-refractivity contribution in [1.82, 2.24) is 29.6 Å². The number of hydrogen-bond donors (Lipinski definition) is 6. The number of Topliss-reactive ketones (excluding diaryl/α,β-unsaturated/α-hetero) is 1. The number of carboxylic acids is 2. The van der Waals surface area contributed by atoms with E-state index in [1.54, 1.807) is 60.1 Å². The van der Waals surface area contributed by atoms with Crippen LogP contribution in [0.4, 0.5) is 31.0 Å². The molecule has 2 aliphatic rings. The van der Waals surface area contributed by atoms with Gasteiger partial charge in [0.2, 0.25) is 23.5 Å². The third-order valence-electron chi connectivity index (χ3n) is 8.19. The van der Waals surface area contributed by atoms with Gasteiger partial charge in [-0.25, -0.2) is 19.2 Å². The lowest BCUT2D eigenvalue weighted by atomic mass is 9.67. The first-order valence-electron chi connectivity index (χ1n) is 19.5. The van der Waals surface area contributed by atoms with Crippen LogP contribution in [-0.4, -0.2) is 133 Å². The molecule has 2 atom stereocenters. The fraction of sp³-hybridized carbons (Fsp3) is 0.568. The molecule has 0 aromatic carbocycles. The van der Waals surface area contributed by atoms with Gasteiger partial charge in [-0.1, -0.05) is 12.0 Å². The summed E-state index contributed by atoms with van der Waals surface area (Å²) in [5.74, 6) is -5.18. The molecule has 0 bridgehead atoms. The van der Waals surface area contributed by atoms with Gasteiger partial charge in [0.1, 0.15) is 16.9 Å². The number of fused-ring (bicyclic) bond motifs is 1. The van der Waals surface area contributed by atoms with Crippen molar-refractivity contribution in [2.45, 2.75) is 104 Å². The van der Waals surface area contributed by atoms with E-state index in [2.05, 4.69) is 38.3 Å². The summed E-state index contributed by atoms with van der Waals surface area (Å²) in [6.07, 6.45) is 0.504. The van der Waals surface area contributed by atoms with E-state index in [1.165, 1.54) is 43.8 Å². The van der Waals surface area contributed by atoms with Crippen molar-refractivity contribution in [3.05, 3.63) is 23.3 Å². The van der Waals surface area contributed by atoms with E-state index in [0.29, 0.717) is 5.57 Å². The number of aliphatic carboxylic acids is 2. The molecule has 353 valence electrons. The highest BCUT2D eigenvalue weighted by Crippen LogP contribution is 2.45. The third-order valence-corrected chi connectivity index (χ3v) is 10.1. The maximum absolute atomic E-state index is 13.7. The van der Waals surface area contributed by atoms with E-state index in [-0.39, 0.29) is 71.3 Å². The topological polar surface area (TPSA) is 346 Å². The number of nitrogens with one attached hydrogen (secondary N) is 3. The van der Waals surface area contributed by atoms with Crippen LogP contribution >= 0.6 is 23.3 Å². The minimum absolute atomic E-state index is 0.00294. The number of aromatic nitrogens is 4. The van der Waals surface area contributed by atoms with Crippen molar-refractivity contribution in [3.8, 4) is 0 Å². The molecule has 2 aromatic heterocycles. The molecule has 24 nitrogen and oxygen atoms in total. The second kappa shape index (κ2) is 23.1. The molecule has 2 aromatic rings. The van der Waals surface area contributed by atoms with Gasteiger partial charge in [0.15, 0.2) is 49.8 Å². The van der Waals surface area contributed by atoms with Gasteiger partial charge >= 0.3 is 24.1 Å². The third kappa shape index (κ3) is 17.0. The predicted molar refractivity (Wildman–Crippen MR) is 237 cm³/mol. The molecule has 0 aliphatic carbocycles. The smallest absolute Gasteiger partial charge is 0.407 e.